The van der Waals surface area contributed by atoms with Crippen molar-refractivity contribution in [2.75, 3.05) is 0 Å². The molecule has 0 unspecified atom stereocenters. The molecule has 0 aromatic rings. The second kappa shape index (κ2) is 1.22. The van der Waals surface area contributed by atoms with Crippen molar-refractivity contribution in [3.05, 3.63) is 0 Å². The van der Waals surface area contributed by atoms with Crippen LogP contribution in [0.5, 0.6) is 0 Å². The molecular formula is C6H12O. The Bertz CT molecular complexity index is 76.2. The van der Waals surface area contributed by atoms with E-state index in [4.69, 9.17) is 0 Å². The van der Waals surface area contributed by atoms with Gasteiger partial charge in [-0.25, -0.2) is 0 Å². The molecule has 1 rings (SSSR count). The summed E-state index contributed by atoms with van der Waals surface area (Å²) >= 11 is 0. The molecule has 0 heterocycles. The molecule has 42 valence electrons. The van der Waals surface area contributed by atoms with Gasteiger partial charge in [-0.15, -0.1) is 0 Å². The average molecular weight is 100 g/mol. The van der Waals surface area contributed by atoms with Crippen LogP contribution in [-0.2, 0) is 0 Å². The summed E-state index contributed by atoms with van der Waals surface area (Å²) in [6.07, 6.45) is 2.20. The zero-order valence-electron chi connectivity index (χ0n) is 4.94. The second-order valence-corrected chi connectivity index (χ2v) is 2.80. The lowest BCUT2D eigenvalue weighted by molar-refractivity contribution is -0.0692. The van der Waals surface area contributed by atoms with Gasteiger partial charge >= 0.3 is 0 Å². The lowest BCUT2D eigenvalue weighted by Crippen LogP contribution is -2.41. The van der Waals surface area contributed by atoms with E-state index in [1.807, 2.05) is 6.92 Å². The molecule has 0 spiro atoms. The first-order chi connectivity index (χ1) is 3.13. The van der Waals surface area contributed by atoms with E-state index in [1.54, 1.807) is 0 Å². The van der Waals surface area contributed by atoms with Crippen LogP contribution < -0.4 is 0 Å². The van der Waals surface area contributed by atoms with Crippen molar-refractivity contribution < 1.29 is 5.11 Å². The molecule has 0 aromatic carbocycles. The molecule has 2 atom stereocenters. The molecular weight excluding hydrogens is 88.1 g/mol. The molecule has 0 bridgehead atoms. The minimum atomic E-state index is -0.319. The van der Waals surface area contributed by atoms with Gasteiger partial charge in [0.2, 0.25) is 0 Å². The maximum Gasteiger partial charge on any atom is 0.0645 e. The van der Waals surface area contributed by atoms with Crippen LogP contribution in [-0.4, -0.2) is 10.7 Å². The van der Waals surface area contributed by atoms with Crippen molar-refractivity contribution in [2.24, 2.45) is 5.92 Å². The summed E-state index contributed by atoms with van der Waals surface area (Å²) in [5.41, 5.74) is -0.319. The predicted molar refractivity (Wildman–Crippen MR) is 29.0 cm³/mol. The topological polar surface area (TPSA) is 20.2 Å². The fourth-order valence-corrected chi connectivity index (χ4v) is 0.851. The van der Waals surface area contributed by atoms with Crippen LogP contribution in [0.15, 0.2) is 0 Å². The van der Waals surface area contributed by atoms with E-state index in [-0.39, 0.29) is 5.60 Å². The molecule has 1 heteroatoms. The van der Waals surface area contributed by atoms with Crippen LogP contribution in [0.2, 0.25) is 0 Å². The van der Waals surface area contributed by atoms with E-state index in [2.05, 4.69) is 6.92 Å². The second-order valence-electron chi connectivity index (χ2n) is 2.80. The highest BCUT2D eigenvalue weighted by Gasteiger charge is 2.36. The third kappa shape index (κ3) is 0.653. The Hall–Kier alpha value is -0.0400. The summed E-state index contributed by atoms with van der Waals surface area (Å²) < 4.78 is 0. The first kappa shape index (κ1) is 5.10. The number of hydrogen-bond donors (Lipinski definition) is 1. The highest BCUT2D eigenvalue weighted by molar-refractivity contribution is 4.88. The summed E-state index contributed by atoms with van der Waals surface area (Å²) in [4.78, 5) is 0. The lowest BCUT2D eigenvalue weighted by atomic mass is 9.72. The molecule has 1 N–H and O–H groups in total. The third-order valence-corrected chi connectivity index (χ3v) is 2.15. The highest BCUT2D eigenvalue weighted by Crippen LogP contribution is 2.36. The molecule has 1 nitrogen and oxygen atoms in total. The minimum absolute atomic E-state index is 0.319. The largest absolute Gasteiger partial charge is 0.390 e. The third-order valence-electron chi connectivity index (χ3n) is 2.15. The molecule has 7 heavy (non-hydrogen) atoms. The summed E-state index contributed by atoms with van der Waals surface area (Å²) in [6, 6.07) is 0. The molecule has 0 saturated heterocycles. The van der Waals surface area contributed by atoms with Crippen molar-refractivity contribution >= 4 is 0 Å². The fraction of sp³-hybridized carbons (Fsp3) is 1.00. The van der Waals surface area contributed by atoms with Crippen molar-refractivity contribution in [2.45, 2.75) is 32.3 Å². The van der Waals surface area contributed by atoms with E-state index < -0.39 is 0 Å². The zero-order valence-corrected chi connectivity index (χ0v) is 4.94. The predicted octanol–water partition coefficient (Wildman–Crippen LogP) is 1.17. The molecule has 1 aliphatic carbocycles. The Kier molecular flexibility index (Phi) is 0.890. The van der Waals surface area contributed by atoms with Gasteiger partial charge in [0.15, 0.2) is 0 Å². The lowest BCUT2D eigenvalue weighted by Gasteiger charge is -2.40. The van der Waals surface area contributed by atoms with Crippen molar-refractivity contribution in [3.63, 3.8) is 0 Å². The summed E-state index contributed by atoms with van der Waals surface area (Å²) in [6.45, 7) is 3.99. The standard InChI is InChI=1S/C6H12O/c1-5-3-4-6(5,2)7/h5,7H,3-4H2,1-2H3/t5-,6+/m0/s1. The van der Waals surface area contributed by atoms with E-state index in [1.165, 1.54) is 6.42 Å². The van der Waals surface area contributed by atoms with Gasteiger partial charge in [-0.1, -0.05) is 6.92 Å². The van der Waals surface area contributed by atoms with E-state index in [0.29, 0.717) is 5.92 Å². The van der Waals surface area contributed by atoms with E-state index >= 15 is 0 Å². The number of aliphatic hydroxyl groups is 1. The molecule has 0 aliphatic heterocycles. The smallest absolute Gasteiger partial charge is 0.0645 e. The molecule has 0 amide bonds. The number of hydrogen-bond acceptors (Lipinski definition) is 1. The normalized spacial score (nSPS) is 51.0. The Labute approximate surface area is 44.4 Å². The Morgan fingerprint density at radius 2 is 2.14 bits per heavy atom. The van der Waals surface area contributed by atoms with Crippen LogP contribution in [0.25, 0.3) is 0 Å². The number of rotatable bonds is 0. The van der Waals surface area contributed by atoms with Crippen LogP contribution in [0.4, 0.5) is 0 Å². The molecule has 0 aromatic heterocycles. The van der Waals surface area contributed by atoms with Gasteiger partial charge < -0.3 is 5.11 Å². The molecule has 1 fully saturated rings. The average Bonchev–Trinajstić information content (AvgIpc) is 1.63. The van der Waals surface area contributed by atoms with Crippen molar-refractivity contribution in [1.29, 1.82) is 0 Å². The Balaban J connectivity index is 2.43. The van der Waals surface area contributed by atoms with Gasteiger partial charge in [0.25, 0.3) is 0 Å². The van der Waals surface area contributed by atoms with Crippen LogP contribution >= 0.6 is 0 Å². The van der Waals surface area contributed by atoms with Gasteiger partial charge in [0.05, 0.1) is 5.60 Å². The highest BCUT2D eigenvalue weighted by atomic mass is 16.3. The maximum absolute atomic E-state index is 9.18. The summed E-state index contributed by atoms with van der Waals surface area (Å²) in [5, 5.41) is 9.18. The maximum atomic E-state index is 9.18. The van der Waals surface area contributed by atoms with Crippen molar-refractivity contribution in [3.8, 4) is 0 Å². The zero-order chi connectivity index (χ0) is 5.49. The van der Waals surface area contributed by atoms with E-state index in [9.17, 15) is 5.11 Å². The quantitative estimate of drug-likeness (QED) is 0.484. The SMILES string of the molecule is C[C@H]1CC[C@@]1(C)O. The van der Waals surface area contributed by atoms with Crippen LogP contribution in [0, 0.1) is 5.92 Å². The minimum Gasteiger partial charge on any atom is -0.390 e. The van der Waals surface area contributed by atoms with Crippen LogP contribution in [0.1, 0.15) is 26.7 Å². The first-order valence-corrected chi connectivity index (χ1v) is 2.85. The molecule has 0 radical (unpaired) electrons. The summed E-state index contributed by atoms with van der Waals surface area (Å²) in [5.74, 6) is 0.535. The van der Waals surface area contributed by atoms with Gasteiger partial charge in [-0.2, -0.15) is 0 Å². The van der Waals surface area contributed by atoms with Gasteiger partial charge in [-0.05, 0) is 25.7 Å². The van der Waals surface area contributed by atoms with Gasteiger partial charge in [0, 0.05) is 0 Å². The van der Waals surface area contributed by atoms with Crippen LogP contribution in [0.3, 0.4) is 0 Å². The van der Waals surface area contributed by atoms with E-state index in [0.717, 1.165) is 6.42 Å². The Morgan fingerprint density at radius 3 is 2.14 bits per heavy atom. The first-order valence-electron chi connectivity index (χ1n) is 2.85. The fourth-order valence-electron chi connectivity index (χ4n) is 0.851. The molecule has 1 saturated carbocycles. The monoisotopic (exact) mass is 100 g/mol. The van der Waals surface area contributed by atoms with Gasteiger partial charge in [-0.3, -0.25) is 0 Å². The Morgan fingerprint density at radius 1 is 1.71 bits per heavy atom. The van der Waals surface area contributed by atoms with Gasteiger partial charge in [0.1, 0.15) is 0 Å². The molecule has 1 aliphatic rings. The van der Waals surface area contributed by atoms with Crippen molar-refractivity contribution in [1.82, 2.24) is 0 Å². The summed E-state index contributed by atoms with van der Waals surface area (Å²) in [7, 11) is 0.